The molecule has 27 heavy (non-hydrogen) atoms. The second kappa shape index (κ2) is 8.71. The van der Waals surface area contributed by atoms with Gasteiger partial charge in [0.1, 0.15) is 0 Å². The molecule has 0 aliphatic carbocycles. The van der Waals surface area contributed by atoms with Crippen LogP contribution in [0.4, 0.5) is 0 Å². The number of carbonyl (C=O) groups excluding carboxylic acids is 1. The van der Waals surface area contributed by atoms with Crippen LogP contribution in [-0.2, 0) is 21.5 Å². The lowest BCUT2D eigenvalue weighted by atomic mass is 9.98. The highest BCUT2D eigenvalue weighted by atomic mass is 32.2. The molecule has 1 atom stereocenters. The molecule has 0 saturated carbocycles. The molecule has 0 aromatic heterocycles. The Kier molecular flexibility index (Phi) is 6.55. The number of benzene rings is 1. The number of amides is 1. The van der Waals surface area contributed by atoms with Gasteiger partial charge in [0.25, 0.3) is 10.2 Å². The molecule has 0 spiro atoms. The van der Waals surface area contributed by atoms with Crippen LogP contribution in [0, 0.1) is 18.8 Å². The Morgan fingerprint density at radius 3 is 2.59 bits per heavy atom. The van der Waals surface area contributed by atoms with Gasteiger partial charge in [0.05, 0.1) is 5.92 Å². The SMILES string of the molecule is Cc1cccc(CNC(=O)[C@H]2CCCN(S(=O)(=O)N3CCC(C)CC3)C2)c1. The molecular formula is C20H31N3O3S. The van der Waals surface area contributed by atoms with Crippen LogP contribution in [0.3, 0.4) is 0 Å². The van der Waals surface area contributed by atoms with Crippen molar-refractivity contribution in [3.8, 4) is 0 Å². The maximum absolute atomic E-state index is 13.0. The van der Waals surface area contributed by atoms with Gasteiger partial charge in [-0.05, 0) is 44.1 Å². The molecule has 1 aromatic rings. The first kappa shape index (κ1) is 20.3. The fraction of sp³-hybridized carbons (Fsp3) is 0.650. The van der Waals surface area contributed by atoms with Gasteiger partial charge < -0.3 is 5.32 Å². The molecule has 0 bridgehead atoms. The maximum atomic E-state index is 13.0. The van der Waals surface area contributed by atoms with E-state index in [2.05, 4.69) is 18.3 Å². The molecule has 7 heteroatoms. The van der Waals surface area contributed by atoms with Gasteiger partial charge in [0.2, 0.25) is 5.91 Å². The Balaban J connectivity index is 1.57. The average molecular weight is 394 g/mol. The molecule has 2 fully saturated rings. The smallest absolute Gasteiger partial charge is 0.281 e. The summed E-state index contributed by atoms with van der Waals surface area (Å²) in [7, 11) is -3.46. The topological polar surface area (TPSA) is 69.7 Å². The van der Waals surface area contributed by atoms with Crippen molar-refractivity contribution in [2.45, 2.75) is 46.1 Å². The van der Waals surface area contributed by atoms with E-state index in [1.54, 1.807) is 4.31 Å². The Hall–Kier alpha value is -1.44. The zero-order valence-corrected chi connectivity index (χ0v) is 17.2. The average Bonchev–Trinajstić information content (AvgIpc) is 2.66. The molecular weight excluding hydrogens is 362 g/mol. The van der Waals surface area contributed by atoms with Crippen LogP contribution in [-0.4, -0.2) is 49.1 Å². The highest BCUT2D eigenvalue weighted by Crippen LogP contribution is 2.25. The van der Waals surface area contributed by atoms with Crippen LogP contribution < -0.4 is 5.32 Å². The first-order chi connectivity index (χ1) is 12.9. The van der Waals surface area contributed by atoms with E-state index in [9.17, 15) is 13.2 Å². The summed E-state index contributed by atoms with van der Waals surface area (Å²) in [5.41, 5.74) is 2.22. The fourth-order valence-corrected chi connectivity index (χ4v) is 5.63. The predicted octanol–water partition coefficient (Wildman–Crippen LogP) is 2.30. The van der Waals surface area contributed by atoms with Gasteiger partial charge in [0.15, 0.2) is 0 Å². The summed E-state index contributed by atoms with van der Waals surface area (Å²) in [6.07, 6.45) is 3.29. The minimum Gasteiger partial charge on any atom is -0.352 e. The van der Waals surface area contributed by atoms with Crippen molar-refractivity contribution >= 4 is 16.1 Å². The molecule has 2 saturated heterocycles. The summed E-state index contributed by atoms with van der Waals surface area (Å²) >= 11 is 0. The third-order valence-corrected chi connectivity index (χ3v) is 7.70. The molecule has 150 valence electrons. The highest BCUT2D eigenvalue weighted by molar-refractivity contribution is 7.86. The zero-order valence-electron chi connectivity index (χ0n) is 16.4. The van der Waals surface area contributed by atoms with Gasteiger partial charge in [-0.2, -0.15) is 17.0 Å². The van der Waals surface area contributed by atoms with Crippen molar-refractivity contribution in [3.05, 3.63) is 35.4 Å². The Morgan fingerprint density at radius 2 is 1.89 bits per heavy atom. The molecule has 1 N–H and O–H groups in total. The first-order valence-corrected chi connectivity index (χ1v) is 11.3. The molecule has 2 heterocycles. The normalized spacial score (nSPS) is 23.3. The molecule has 3 rings (SSSR count). The standard InChI is InChI=1S/C20H31N3O3S/c1-16-8-11-22(12-9-16)27(25,26)23-10-4-7-19(15-23)20(24)21-14-18-6-3-5-17(2)13-18/h3,5-6,13,16,19H,4,7-12,14-15H2,1-2H3,(H,21,24)/t19-/m0/s1. The van der Waals surface area contributed by atoms with E-state index in [4.69, 9.17) is 0 Å². The quantitative estimate of drug-likeness (QED) is 0.834. The van der Waals surface area contributed by atoms with E-state index in [0.717, 1.165) is 36.8 Å². The van der Waals surface area contributed by atoms with Gasteiger partial charge in [0, 0.05) is 32.7 Å². The zero-order chi connectivity index (χ0) is 19.4. The lowest BCUT2D eigenvalue weighted by molar-refractivity contribution is -0.126. The van der Waals surface area contributed by atoms with E-state index in [0.29, 0.717) is 32.1 Å². The van der Waals surface area contributed by atoms with Crippen LogP contribution in [0.2, 0.25) is 0 Å². The van der Waals surface area contributed by atoms with E-state index >= 15 is 0 Å². The van der Waals surface area contributed by atoms with Crippen molar-refractivity contribution in [2.24, 2.45) is 11.8 Å². The molecule has 6 nitrogen and oxygen atoms in total. The summed E-state index contributed by atoms with van der Waals surface area (Å²) in [5, 5.41) is 2.98. The molecule has 2 aliphatic rings. The van der Waals surface area contributed by atoms with E-state index in [1.165, 1.54) is 4.31 Å². The van der Waals surface area contributed by atoms with Crippen molar-refractivity contribution in [1.29, 1.82) is 0 Å². The summed E-state index contributed by atoms with van der Waals surface area (Å²) < 4.78 is 29.0. The Labute approximate surface area is 163 Å². The molecule has 0 unspecified atom stereocenters. The lowest BCUT2D eigenvalue weighted by Crippen LogP contribution is -2.52. The second-order valence-electron chi connectivity index (χ2n) is 7.99. The summed E-state index contributed by atoms with van der Waals surface area (Å²) in [5.74, 6) is 0.253. The monoisotopic (exact) mass is 393 g/mol. The van der Waals surface area contributed by atoms with Crippen LogP contribution in [0.1, 0.15) is 43.7 Å². The number of nitrogens with one attached hydrogen (secondary N) is 1. The number of rotatable bonds is 5. The number of hydrogen-bond donors (Lipinski definition) is 1. The van der Waals surface area contributed by atoms with Crippen molar-refractivity contribution in [1.82, 2.24) is 13.9 Å². The minimum atomic E-state index is -3.46. The number of carbonyl (C=O) groups is 1. The van der Waals surface area contributed by atoms with Crippen LogP contribution >= 0.6 is 0 Å². The fourth-order valence-electron chi connectivity index (χ4n) is 3.90. The number of aryl methyl sites for hydroxylation is 1. The molecule has 2 aliphatic heterocycles. The predicted molar refractivity (Wildman–Crippen MR) is 106 cm³/mol. The van der Waals surface area contributed by atoms with E-state index < -0.39 is 10.2 Å². The molecule has 1 aromatic carbocycles. The third-order valence-electron chi connectivity index (χ3n) is 5.70. The van der Waals surface area contributed by atoms with Gasteiger partial charge >= 0.3 is 0 Å². The Bertz CT molecular complexity index is 757. The van der Waals surface area contributed by atoms with Gasteiger partial charge in [-0.15, -0.1) is 0 Å². The van der Waals surface area contributed by atoms with Crippen molar-refractivity contribution in [2.75, 3.05) is 26.2 Å². The van der Waals surface area contributed by atoms with E-state index in [1.807, 2.05) is 25.1 Å². The molecule has 1 amide bonds. The Morgan fingerprint density at radius 1 is 1.15 bits per heavy atom. The lowest BCUT2D eigenvalue weighted by Gasteiger charge is -2.37. The number of hydrogen-bond acceptors (Lipinski definition) is 3. The van der Waals surface area contributed by atoms with Gasteiger partial charge in [-0.25, -0.2) is 0 Å². The van der Waals surface area contributed by atoms with E-state index in [-0.39, 0.29) is 18.4 Å². The van der Waals surface area contributed by atoms with Crippen LogP contribution in [0.5, 0.6) is 0 Å². The van der Waals surface area contributed by atoms with Crippen molar-refractivity contribution < 1.29 is 13.2 Å². The summed E-state index contributed by atoms with van der Waals surface area (Å²) in [6, 6.07) is 8.04. The van der Waals surface area contributed by atoms with Crippen molar-refractivity contribution in [3.63, 3.8) is 0 Å². The number of piperidine rings is 2. The first-order valence-electron chi connectivity index (χ1n) is 9.95. The minimum absolute atomic E-state index is 0.0522. The summed E-state index contributed by atoms with van der Waals surface area (Å²) in [6.45, 7) is 6.64. The largest absolute Gasteiger partial charge is 0.352 e. The number of nitrogens with zero attached hydrogens (tertiary/aromatic N) is 2. The van der Waals surface area contributed by atoms with Crippen LogP contribution in [0.15, 0.2) is 24.3 Å². The van der Waals surface area contributed by atoms with Gasteiger partial charge in [-0.3, -0.25) is 4.79 Å². The third kappa shape index (κ3) is 5.09. The highest BCUT2D eigenvalue weighted by Gasteiger charge is 2.36. The molecule has 0 radical (unpaired) electrons. The summed E-state index contributed by atoms with van der Waals surface area (Å²) in [4.78, 5) is 12.6. The second-order valence-corrected chi connectivity index (χ2v) is 9.92. The van der Waals surface area contributed by atoms with Crippen LogP contribution in [0.25, 0.3) is 0 Å². The van der Waals surface area contributed by atoms with Gasteiger partial charge in [-0.1, -0.05) is 36.8 Å². The maximum Gasteiger partial charge on any atom is 0.281 e.